The maximum atomic E-state index is 12.7. The predicted molar refractivity (Wildman–Crippen MR) is 95.2 cm³/mol. The van der Waals surface area contributed by atoms with Crippen LogP contribution in [0.4, 0.5) is 4.79 Å². The SMILES string of the molecule is CN(C)C(=O)c1ccc(CNC(=O)N2C[C@]3(C)CC2CC(C)(C)C3)o1. The molecule has 6 heteroatoms. The van der Waals surface area contributed by atoms with Gasteiger partial charge < -0.3 is 19.5 Å². The Kier molecular flexibility index (Phi) is 4.33. The van der Waals surface area contributed by atoms with Crippen molar-refractivity contribution in [2.75, 3.05) is 20.6 Å². The van der Waals surface area contributed by atoms with Crippen molar-refractivity contribution >= 4 is 11.9 Å². The minimum Gasteiger partial charge on any atom is -0.454 e. The highest BCUT2D eigenvalue weighted by molar-refractivity contribution is 5.91. The molecule has 0 radical (unpaired) electrons. The Morgan fingerprint density at radius 2 is 2.00 bits per heavy atom. The van der Waals surface area contributed by atoms with Gasteiger partial charge in [0.1, 0.15) is 5.76 Å². The largest absolute Gasteiger partial charge is 0.454 e. The van der Waals surface area contributed by atoms with Gasteiger partial charge in [0.2, 0.25) is 0 Å². The van der Waals surface area contributed by atoms with Gasteiger partial charge in [0, 0.05) is 26.7 Å². The van der Waals surface area contributed by atoms with Gasteiger partial charge in [0.05, 0.1) is 6.54 Å². The predicted octanol–water partition coefficient (Wildman–Crippen LogP) is 3.09. The first-order valence-corrected chi connectivity index (χ1v) is 8.93. The third-order valence-electron chi connectivity index (χ3n) is 5.37. The molecule has 1 saturated carbocycles. The molecular formula is C19H29N3O3. The topological polar surface area (TPSA) is 65.8 Å². The van der Waals surface area contributed by atoms with Crippen LogP contribution in [0.2, 0.25) is 0 Å². The van der Waals surface area contributed by atoms with Gasteiger partial charge in [-0.15, -0.1) is 0 Å². The number of urea groups is 1. The van der Waals surface area contributed by atoms with E-state index in [-0.39, 0.29) is 22.8 Å². The Morgan fingerprint density at radius 1 is 1.28 bits per heavy atom. The van der Waals surface area contributed by atoms with E-state index in [2.05, 4.69) is 26.1 Å². The molecule has 2 heterocycles. The molecule has 2 aliphatic rings. The summed E-state index contributed by atoms with van der Waals surface area (Å²) in [4.78, 5) is 28.0. The molecule has 6 nitrogen and oxygen atoms in total. The van der Waals surface area contributed by atoms with Crippen molar-refractivity contribution in [3.63, 3.8) is 0 Å². The average molecular weight is 347 g/mol. The molecule has 1 saturated heterocycles. The van der Waals surface area contributed by atoms with Gasteiger partial charge in [0.15, 0.2) is 5.76 Å². The highest BCUT2D eigenvalue weighted by atomic mass is 16.4. The minimum absolute atomic E-state index is 0.0386. The highest BCUT2D eigenvalue weighted by Crippen LogP contribution is 2.52. The van der Waals surface area contributed by atoms with Gasteiger partial charge in [-0.1, -0.05) is 20.8 Å². The summed E-state index contributed by atoms with van der Waals surface area (Å²) in [6.45, 7) is 7.99. The highest BCUT2D eigenvalue weighted by Gasteiger charge is 2.50. The van der Waals surface area contributed by atoms with Crippen molar-refractivity contribution in [3.05, 3.63) is 23.7 Å². The maximum Gasteiger partial charge on any atom is 0.318 e. The number of hydrogen-bond donors (Lipinski definition) is 1. The van der Waals surface area contributed by atoms with Crippen LogP contribution in [0, 0.1) is 10.8 Å². The van der Waals surface area contributed by atoms with Crippen LogP contribution >= 0.6 is 0 Å². The molecule has 3 rings (SSSR count). The molecule has 1 aliphatic carbocycles. The quantitative estimate of drug-likeness (QED) is 0.914. The average Bonchev–Trinajstić information content (AvgIpc) is 3.05. The fraction of sp³-hybridized carbons (Fsp3) is 0.684. The van der Waals surface area contributed by atoms with Crippen molar-refractivity contribution in [1.29, 1.82) is 0 Å². The zero-order valence-corrected chi connectivity index (χ0v) is 15.9. The number of fused-ring (bicyclic) bond motifs is 2. The molecular weight excluding hydrogens is 318 g/mol. The van der Waals surface area contributed by atoms with E-state index < -0.39 is 0 Å². The van der Waals surface area contributed by atoms with Gasteiger partial charge in [0.25, 0.3) is 5.91 Å². The lowest BCUT2D eigenvalue weighted by Gasteiger charge is -2.39. The van der Waals surface area contributed by atoms with Crippen LogP contribution in [0.25, 0.3) is 0 Å². The summed E-state index contributed by atoms with van der Waals surface area (Å²) in [5.41, 5.74) is 0.509. The van der Waals surface area contributed by atoms with Crippen molar-refractivity contribution in [1.82, 2.24) is 15.1 Å². The third kappa shape index (κ3) is 3.67. The van der Waals surface area contributed by atoms with E-state index in [0.717, 1.165) is 25.8 Å². The Morgan fingerprint density at radius 3 is 2.68 bits per heavy atom. The van der Waals surface area contributed by atoms with Crippen LogP contribution in [-0.4, -0.2) is 48.4 Å². The van der Waals surface area contributed by atoms with Gasteiger partial charge in [-0.3, -0.25) is 4.79 Å². The maximum absolute atomic E-state index is 12.7. The molecule has 2 bridgehead atoms. The summed E-state index contributed by atoms with van der Waals surface area (Å²) < 4.78 is 5.53. The summed E-state index contributed by atoms with van der Waals surface area (Å²) in [5.74, 6) is 0.703. The van der Waals surface area contributed by atoms with E-state index in [9.17, 15) is 9.59 Å². The zero-order valence-electron chi connectivity index (χ0n) is 15.9. The van der Waals surface area contributed by atoms with Crippen molar-refractivity contribution in [2.45, 2.75) is 52.6 Å². The first-order valence-electron chi connectivity index (χ1n) is 8.93. The molecule has 1 unspecified atom stereocenters. The number of amides is 3. The van der Waals surface area contributed by atoms with Crippen LogP contribution < -0.4 is 5.32 Å². The molecule has 0 spiro atoms. The van der Waals surface area contributed by atoms with Crippen LogP contribution in [0.15, 0.2) is 16.5 Å². The zero-order chi connectivity index (χ0) is 18.4. The van der Waals surface area contributed by atoms with E-state index in [4.69, 9.17) is 4.42 Å². The van der Waals surface area contributed by atoms with Crippen LogP contribution in [-0.2, 0) is 6.54 Å². The van der Waals surface area contributed by atoms with E-state index in [1.165, 1.54) is 4.90 Å². The number of furan rings is 1. The van der Waals surface area contributed by atoms with Gasteiger partial charge in [-0.05, 0) is 42.2 Å². The standard InChI is InChI=1S/C19H29N3O3/c1-18(2)8-13-9-19(3,11-18)12-22(13)17(24)20-10-14-6-7-15(25-14)16(23)21(4)5/h6-7,13H,8-12H2,1-5H3,(H,20,24)/t13?,19-/m1/s1. The second-order valence-electron chi connectivity index (χ2n) is 8.97. The normalized spacial score (nSPS) is 27.2. The summed E-state index contributed by atoms with van der Waals surface area (Å²) in [6.07, 6.45) is 3.30. The molecule has 1 N–H and O–H groups in total. The monoisotopic (exact) mass is 347 g/mol. The molecule has 1 aromatic rings. The Bertz CT molecular complexity index is 679. The summed E-state index contributed by atoms with van der Waals surface area (Å²) in [6, 6.07) is 3.67. The minimum atomic E-state index is -0.180. The van der Waals surface area contributed by atoms with Crippen LogP contribution in [0.1, 0.15) is 56.3 Å². The van der Waals surface area contributed by atoms with E-state index in [1.807, 2.05) is 4.90 Å². The van der Waals surface area contributed by atoms with Gasteiger partial charge in [-0.2, -0.15) is 0 Å². The molecule has 3 amide bonds. The Labute approximate surface area is 149 Å². The summed E-state index contributed by atoms with van der Waals surface area (Å²) in [5, 5.41) is 2.95. The lowest BCUT2D eigenvalue weighted by Crippen LogP contribution is -2.43. The number of carbonyl (C=O) groups is 2. The second kappa shape index (κ2) is 6.07. The third-order valence-corrected chi connectivity index (χ3v) is 5.37. The smallest absolute Gasteiger partial charge is 0.318 e. The molecule has 2 atom stereocenters. The Hall–Kier alpha value is -1.98. The number of hydrogen-bond acceptors (Lipinski definition) is 3. The number of rotatable bonds is 3. The van der Waals surface area contributed by atoms with E-state index in [1.54, 1.807) is 26.2 Å². The lowest BCUT2D eigenvalue weighted by molar-refractivity contribution is 0.0794. The first kappa shape index (κ1) is 17.8. The Balaban J connectivity index is 1.60. The number of likely N-dealkylation sites (tertiary alicyclic amines) is 1. The molecule has 138 valence electrons. The van der Waals surface area contributed by atoms with Crippen LogP contribution in [0.5, 0.6) is 0 Å². The summed E-state index contributed by atoms with van der Waals surface area (Å²) in [7, 11) is 3.36. The number of nitrogens with one attached hydrogen (secondary N) is 1. The molecule has 1 aliphatic heterocycles. The van der Waals surface area contributed by atoms with Crippen molar-refractivity contribution in [2.24, 2.45) is 10.8 Å². The second-order valence-corrected chi connectivity index (χ2v) is 8.97. The summed E-state index contributed by atoms with van der Waals surface area (Å²) >= 11 is 0. The van der Waals surface area contributed by atoms with E-state index in [0.29, 0.717) is 24.1 Å². The van der Waals surface area contributed by atoms with E-state index >= 15 is 0 Å². The molecule has 0 aromatic carbocycles. The van der Waals surface area contributed by atoms with Gasteiger partial charge >= 0.3 is 6.03 Å². The van der Waals surface area contributed by atoms with Crippen molar-refractivity contribution in [3.8, 4) is 0 Å². The molecule has 1 aromatic heterocycles. The first-order chi connectivity index (χ1) is 11.6. The fourth-order valence-electron chi connectivity index (χ4n) is 4.77. The molecule has 2 fully saturated rings. The number of carbonyl (C=O) groups excluding carboxylic acids is 2. The van der Waals surface area contributed by atoms with Crippen molar-refractivity contribution < 1.29 is 14.0 Å². The lowest BCUT2D eigenvalue weighted by atomic mass is 9.65. The van der Waals surface area contributed by atoms with Crippen LogP contribution in [0.3, 0.4) is 0 Å². The fourth-order valence-corrected chi connectivity index (χ4v) is 4.77. The molecule has 25 heavy (non-hydrogen) atoms. The van der Waals surface area contributed by atoms with Gasteiger partial charge in [-0.25, -0.2) is 4.79 Å². The number of nitrogens with zero attached hydrogens (tertiary/aromatic N) is 2.